The van der Waals surface area contributed by atoms with Gasteiger partial charge in [0.1, 0.15) is 11.5 Å². The molecule has 0 unspecified atom stereocenters. The van der Waals surface area contributed by atoms with Crippen LogP contribution in [-0.2, 0) is 50.0 Å². The first-order valence-electron chi connectivity index (χ1n) is 18.3. The Balaban J connectivity index is 0.00000153. The van der Waals surface area contributed by atoms with Crippen LogP contribution in [0.5, 0.6) is 11.5 Å². The minimum absolute atomic E-state index is 0. The van der Waals surface area contributed by atoms with Crippen LogP contribution in [-0.4, -0.2) is 34.6 Å². The maximum atomic E-state index is 11.4. The fraction of sp³-hybridized carbons (Fsp3) is 0.435. The van der Waals surface area contributed by atoms with Crippen LogP contribution in [0.4, 0.5) is 11.4 Å². The summed E-state index contributed by atoms with van der Waals surface area (Å²) in [6.07, 6.45) is 5.30. The molecule has 4 aromatic rings. The molecule has 0 saturated heterocycles. The number of aromatic hydroxyl groups is 2. The predicted octanol–water partition coefficient (Wildman–Crippen LogP) is 9.03. The van der Waals surface area contributed by atoms with Crippen molar-refractivity contribution in [2.45, 2.75) is 121 Å². The average molecular weight is 796 g/mol. The summed E-state index contributed by atoms with van der Waals surface area (Å²) in [5, 5.41) is 42.7. The van der Waals surface area contributed by atoms with Gasteiger partial charge < -0.3 is 30.0 Å². The minimum Gasteiger partial charge on any atom is -0.550 e. The molecule has 299 valence electrons. The summed E-state index contributed by atoms with van der Waals surface area (Å²) in [6.45, 7) is 28.0. The fourth-order valence-corrected chi connectivity index (χ4v) is 5.91. The molecule has 0 atom stereocenters. The van der Waals surface area contributed by atoms with Gasteiger partial charge in [0, 0.05) is 46.6 Å². The van der Waals surface area contributed by atoms with Crippen LogP contribution >= 0.6 is 0 Å². The number of carboxylic acid groups (broad SMARTS) is 2. The van der Waals surface area contributed by atoms with E-state index in [1.165, 1.54) is 11.1 Å². The van der Waals surface area contributed by atoms with Crippen molar-refractivity contribution in [3.63, 3.8) is 0 Å². The van der Waals surface area contributed by atoms with Crippen molar-refractivity contribution in [2.24, 2.45) is 20.8 Å². The van der Waals surface area contributed by atoms with E-state index < -0.39 is 11.9 Å². The van der Waals surface area contributed by atoms with E-state index in [1.54, 1.807) is 12.4 Å². The smallest absolute Gasteiger partial charge is 0.550 e. The van der Waals surface area contributed by atoms with E-state index in [0.717, 1.165) is 48.6 Å². The zero-order valence-electron chi connectivity index (χ0n) is 35.1. The summed E-state index contributed by atoms with van der Waals surface area (Å²) >= 11 is 0. The molecule has 4 aromatic carbocycles. The maximum Gasteiger partial charge on any atom is 2.00 e. The SMILES string of the molecule is CC(=O)[O-].CC(=O)[O-].CC(C)(C)Cc1cc(C=Nc2cc3ccccc3cc2N=Cc2cc(CC(C)(C)C)cc(C(C)(C)C)c2O)c(O)c(C(C)(C)C)c1.[Co+2]. The van der Waals surface area contributed by atoms with Gasteiger partial charge in [-0.3, -0.25) is 9.98 Å². The Kier molecular flexibility index (Phi) is 17.1. The molecule has 1 radical (unpaired) electrons. The number of hydrogen-bond donors (Lipinski definition) is 2. The zero-order valence-corrected chi connectivity index (χ0v) is 36.1. The molecule has 0 bridgehead atoms. The van der Waals surface area contributed by atoms with Crippen LogP contribution in [0, 0.1) is 10.8 Å². The van der Waals surface area contributed by atoms with Gasteiger partial charge in [-0.15, -0.1) is 0 Å². The van der Waals surface area contributed by atoms with Crippen molar-refractivity contribution in [1.82, 2.24) is 0 Å². The number of fused-ring (bicyclic) bond motifs is 1. The molecule has 0 heterocycles. The van der Waals surface area contributed by atoms with Crippen molar-refractivity contribution >= 4 is 46.5 Å². The molecule has 0 aliphatic carbocycles. The zero-order chi connectivity index (χ0) is 41.4. The number of nitrogens with zero attached hydrogens (tertiary/aromatic N) is 2. The van der Waals surface area contributed by atoms with E-state index >= 15 is 0 Å². The third kappa shape index (κ3) is 16.4. The Morgan fingerprint density at radius 2 is 0.873 bits per heavy atom. The second kappa shape index (κ2) is 19.4. The Hall–Kier alpha value is -4.47. The molecule has 0 aliphatic rings. The van der Waals surface area contributed by atoms with E-state index in [9.17, 15) is 10.2 Å². The number of aliphatic carboxylic acids is 2. The van der Waals surface area contributed by atoms with E-state index in [-0.39, 0.29) is 49.9 Å². The second-order valence-electron chi connectivity index (χ2n) is 18.3. The molecule has 0 aromatic heterocycles. The molecule has 0 fully saturated rings. The molecule has 0 aliphatic heterocycles. The number of carboxylic acids is 2. The van der Waals surface area contributed by atoms with Gasteiger partial charge >= 0.3 is 16.8 Å². The number of rotatable bonds is 6. The van der Waals surface area contributed by atoms with Gasteiger partial charge in [0.2, 0.25) is 0 Å². The number of carbonyl (C=O) groups excluding carboxylic acids is 2. The first-order chi connectivity index (χ1) is 24.6. The number of phenols is 2. The molecular formula is C46H60CoN2O6. The molecule has 0 amide bonds. The molecule has 55 heavy (non-hydrogen) atoms. The van der Waals surface area contributed by atoms with Gasteiger partial charge in [0.15, 0.2) is 0 Å². The van der Waals surface area contributed by atoms with Gasteiger partial charge in [-0.2, -0.15) is 0 Å². The van der Waals surface area contributed by atoms with Gasteiger partial charge in [0.25, 0.3) is 0 Å². The van der Waals surface area contributed by atoms with Crippen molar-refractivity contribution in [1.29, 1.82) is 0 Å². The van der Waals surface area contributed by atoms with Gasteiger partial charge in [-0.05, 0) is 94.5 Å². The van der Waals surface area contributed by atoms with Crippen LogP contribution in [0.2, 0.25) is 0 Å². The third-order valence-corrected chi connectivity index (χ3v) is 8.01. The number of phenolic OH excluding ortho intramolecular Hbond substituents is 2. The second-order valence-corrected chi connectivity index (χ2v) is 18.3. The third-order valence-electron chi connectivity index (χ3n) is 8.01. The molecule has 2 N–H and O–H groups in total. The Labute approximate surface area is 339 Å². The van der Waals surface area contributed by atoms with Crippen molar-refractivity contribution in [2.75, 3.05) is 0 Å². The molecule has 0 saturated carbocycles. The Morgan fingerprint density at radius 3 is 1.13 bits per heavy atom. The normalized spacial score (nSPS) is 12.1. The van der Waals surface area contributed by atoms with E-state index in [4.69, 9.17) is 29.8 Å². The van der Waals surface area contributed by atoms with Crippen molar-refractivity contribution in [3.05, 3.63) is 94.0 Å². The summed E-state index contributed by atoms with van der Waals surface area (Å²) in [4.78, 5) is 27.7. The summed E-state index contributed by atoms with van der Waals surface area (Å²) in [5.41, 5.74) is 6.68. The summed E-state index contributed by atoms with van der Waals surface area (Å²) < 4.78 is 0. The van der Waals surface area contributed by atoms with Crippen LogP contribution in [0.3, 0.4) is 0 Å². The van der Waals surface area contributed by atoms with Gasteiger partial charge in [-0.1, -0.05) is 119 Å². The summed E-state index contributed by atoms with van der Waals surface area (Å²) in [7, 11) is 0. The standard InChI is InChI=1S/C42H54N2O2.2C2H4O2.Co/c1-39(2,3)23-27-17-31(37(45)33(19-27)41(7,8)9)25-43-35-21-29-15-13-14-16-30(29)22-36(35)44-26-32-18-28(24-40(4,5)6)20-34(38(32)46)42(10,11)12;2*1-2(3)4;/h13-22,25-26,45-46H,23-24H2,1-12H3;2*1H3,(H,3,4);/q;;;+2/p-2. The molecule has 0 spiro atoms. The van der Waals surface area contributed by atoms with Crippen LogP contribution in [0.1, 0.15) is 130 Å². The van der Waals surface area contributed by atoms with Crippen LogP contribution in [0.25, 0.3) is 10.8 Å². The van der Waals surface area contributed by atoms with Gasteiger partial charge in [0.05, 0.1) is 11.4 Å². The number of aliphatic imine (C=N–C) groups is 2. The monoisotopic (exact) mass is 795 g/mol. The van der Waals surface area contributed by atoms with E-state index in [0.29, 0.717) is 22.5 Å². The van der Waals surface area contributed by atoms with Crippen LogP contribution in [0.15, 0.2) is 70.6 Å². The number of carbonyl (C=O) groups is 2. The predicted molar refractivity (Wildman–Crippen MR) is 220 cm³/mol. The Morgan fingerprint density at radius 1 is 0.582 bits per heavy atom. The van der Waals surface area contributed by atoms with E-state index in [2.05, 4.69) is 119 Å². The van der Waals surface area contributed by atoms with E-state index in [1.807, 2.05) is 24.3 Å². The average Bonchev–Trinajstić information content (AvgIpc) is 2.98. The first kappa shape index (κ1) is 48.5. The molecule has 4 rings (SSSR count). The topological polar surface area (TPSA) is 145 Å². The van der Waals surface area contributed by atoms with Crippen molar-refractivity contribution < 1.29 is 46.8 Å². The summed E-state index contributed by atoms with van der Waals surface area (Å²) in [6, 6.07) is 20.6. The number of benzene rings is 4. The first-order valence-corrected chi connectivity index (χ1v) is 18.3. The summed E-state index contributed by atoms with van der Waals surface area (Å²) in [5.74, 6) is -1.65. The maximum absolute atomic E-state index is 11.4. The molecular weight excluding hydrogens is 735 g/mol. The quantitative estimate of drug-likeness (QED) is 0.186. The largest absolute Gasteiger partial charge is 2.00 e. The van der Waals surface area contributed by atoms with Gasteiger partial charge in [-0.25, -0.2) is 0 Å². The Bertz CT molecular complexity index is 1850. The molecule has 8 nitrogen and oxygen atoms in total. The number of hydrogen-bond acceptors (Lipinski definition) is 8. The van der Waals surface area contributed by atoms with Crippen molar-refractivity contribution in [3.8, 4) is 11.5 Å². The van der Waals surface area contributed by atoms with Crippen LogP contribution < -0.4 is 10.2 Å². The molecule has 9 heteroatoms. The minimum atomic E-state index is -1.08. The fourth-order valence-electron chi connectivity index (χ4n) is 5.91.